The highest BCUT2D eigenvalue weighted by Gasteiger charge is 2.16. The molecule has 0 spiro atoms. The van der Waals surface area contributed by atoms with Crippen LogP contribution in [-0.2, 0) is 6.61 Å². The smallest absolute Gasteiger partial charge is 0.291 e. The number of carbonyl (C=O) groups excluding carboxylic acids is 1. The van der Waals surface area contributed by atoms with Gasteiger partial charge in [-0.05, 0) is 36.4 Å². The number of furan rings is 1. The van der Waals surface area contributed by atoms with Crippen LogP contribution in [0.4, 0.5) is 15.8 Å². The number of phenols is 1. The van der Waals surface area contributed by atoms with E-state index in [0.717, 1.165) is 24.3 Å². The van der Waals surface area contributed by atoms with Crippen LogP contribution in [-0.4, -0.2) is 15.9 Å². The second-order valence-electron chi connectivity index (χ2n) is 5.54. The number of nitro groups is 1. The molecular weight excluding hydrogens is 395 g/mol. The van der Waals surface area contributed by atoms with E-state index in [4.69, 9.17) is 20.8 Å². The average Bonchev–Trinajstić information content (AvgIpc) is 3.12. The molecule has 0 unspecified atom stereocenters. The topological polar surface area (TPSA) is 115 Å². The molecule has 1 amide bonds. The third-order valence-corrected chi connectivity index (χ3v) is 3.88. The molecule has 3 rings (SSSR count). The molecule has 0 bridgehead atoms. The van der Waals surface area contributed by atoms with Crippen molar-refractivity contribution in [1.29, 1.82) is 0 Å². The van der Waals surface area contributed by atoms with Crippen LogP contribution in [0, 0.1) is 15.9 Å². The number of hydrogen-bond donors (Lipinski definition) is 2. The molecular formula is C18H12ClFN2O6. The number of ether oxygens (including phenoxy) is 1. The van der Waals surface area contributed by atoms with Gasteiger partial charge in [-0.3, -0.25) is 14.9 Å². The molecule has 1 aromatic heterocycles. The summed E-state index contributed by atoms with van der Waals surface area (Å²) < 4.78 is 23.8. The minimum Gasteiger partial charge on any atom is -0.506 e. The Morgan fingerprint density at radius 2 is 2.04 bits per heavy atom. The van der Waals surface area contributed by atoms with Crippen LogP contribution < -0.4 is 10.1 Å². The molecule has 0 saturated carbocycles. The fraction of sp³-hybridized carbons (Fsp3) is 0.0556. The Bertz CT molecular complexity index is 1050. The Balaban J connectivity index is 1.67. The van der Waals surface area contributed by atoms with Gasteiger partial charge >= 0.3 is 0 Å². The van der Waals surface area contributed by atoms with E-state index in [1.165, 1.54) is 24.3 Å². The number of nitro benzene ring substituents is 1. The average molecular weight is 407 g/mol. The quantitative estimate of drug-likeness (QED) is 0.353. The van der Waals surface area contributed by atoms with Gasteiger partial charge in [-0.2, -0.15) is 0 Å². The molecule has 0 atom stereocenters. The van der Waals surface area contributed by atoms with Crippen molar-refractivity contribution in [3.8, 4) is 11.5 Å². The molecule has 0 aliphatic heterocycles. The molecule has 1 heterocycles. The molecule has 0 radical (unpaired) electrons. The molecule has 0 aliphatic carbocycles. The van der Waals surface area contributed by atoms with Crippen molar-refractivity contribution in [1.82, 2.24) is 0 Å². The minimum absolute atomic E-state index is 0.0688. The Hall–Kier alpha value is -3.59. The highest BCUT2D eigenvalue weighted by molar-refractivity contribution is 6.32. The van der Waals surface area contributed by atoms with Gasteiger partial charge in [-0.25, -0.2) is 4.39 Å². The van der Waals surface area contributed by atoms with Crippen molar-refractivity contribution in [2.24, 2.45) is 0 Å². The van der Waals surface area contributed by atoms with E-state index in [1.54, 1.807) is 0 Å². The Morgan fingerprint density at radius 1 is 1.25 bits per heavy atom. The largest absolute Gasteiger partial charge is 0.506 e. The highest BCUT2D eigenvalue weighted by Crippen LogP contribution is 2.29. The number of aromatic hydroxyl groups is 1. The number of amides is 1. The molecule has 0 aliphatic rings. The van der Waals surface area contributed by atoms with Crippen LogP contribution in [0.3, 0.4) is 0 Å². The Labute approximate surface area is 162 Å². The van der Waals surface area contributed by atoms with E-state index in [9.17, 15) is 24.4 Å². The second-order valence-corrected chi connectivity index (χ2v) is 5.95. The fourth-order valence-electron chi connectivity index (χ4n) is 2.24. The van der Waals surface area contributed by atoms with Crippen molar-refractivity contribution in [3.63, 3.8) is 0 Å². The number of halogens is 2. The van der Waals surface area contributed by atoms with E-state index in [1.807, 2.05) is 0 Å². The lowest BCUT2D eigenvalue weighted by molar-refractivity contribution is -0.384. The first kappa shape index (κ1) is 19.2. The summed E-state index contributed by atoms with van der Waals surface area (Å²) in [7, 11) is 0. The summed E-state index contributed by atoms with van der Waals surface area (Å²) in [5.74, 6) is -1.13. The predicted molar refractivity (Wildman–Crippen MR) is 97.2 cm³/mol. The van der Waals surface area contributed by atoms with Crippen molar-refractivity contribution in [2.75, 3.05) is 5.32 Å². The summed E-state index contributed by atoms with van der Waals surface area (Å²) in [5, 5.41) is 23.0. The molecule has 144 valence electrons. The molecule has 0 saturated heterocycles. The first-order valence-corrected chi connectivity index (χ1v) is 8.16. The van der Waals surface area contributed by atoms with E-state index >= 15 is 0 Å². The SMILES string of the molecule is O=C(Nc1cc([N+](=O)[O-])ccc1O)c1ccc(COc2ccc(F)cc2Cl)o1. The minimum atomic E-state index is -0.720. The zero-order valence-corrected chi connectivity index (χ0v) is 14.8. The lowest BCUT2D eigenvalue weighted by atomic mass is 10.2. The van der Waals surface area contributed by atoms with Crippen molar-refractivity contribution in [2.45, 2.75) is 6.61 Å². The maximum Gasteiger partial charge on any atom is 0.291 e. The number of phenolic OH excluding ortho intramolecular Hbond substituents is 1. The molecule has 2 aromatic carbocycles. The normalized spacial score (nSPS) is 10.5. The van der Waals surface area contributed by atoms with Gasteiger partial charge in [0.05, 0.1) is 15.6 Å². The number of hydrogen-bond acceptors (Lipinski definition) is 6. The number of nitrogens with one attached hydrogen (secondary N) is 1. The summed E-state index contributed by atoms with van der Waals surface area (Å²) in [6.07, 6.45) is 0. The van der Waals surface area contributed by atoms with Gasteiger partial charge in [0.25, 0.3) is 11.6 Å². The van der Waals surface area contributed by atoms with Gasteiger partial charge in [-0.1, -0.05) is 11.6 Å². The monoisotopic (exact) mass is 406 g/mol. The van der Waals surface area contributed by atoms with Gasteiger partial charge in [-0.15, -0.1) is 0 Å². The van der Waals surface area contributed by atoms with Crippen LogP contribution >= 0.6 is 11.6 Å². The number of anilines is 1. The number of nitrogens with zero attached hydrogens (tertiary/aromatic N) is 1. The first-order valence-electron chi connectivity index (χ1n) is 7.79. The van der Waals surface area contributed by atoms with E-state index in [2.05, 4.69) is 5.32 Å². The van der Waals surface area contributed by atoms with Crippen molar-refractivity contribution < 1.29 is 28.4 Å². The highest BCUT2D eigenvalue weighted by atomic mass is 35.5. The molecule has 28 heavy (non-hydrogen) atoms. The van der Waals surface area contributed by atoms with Crippen molar-refractivity contribution in [3.05, 3.63) is 81.0 Å². The maximum absolute atomic E-state index is 13.0. The number of rotatable bonds is 6. The third kappa shape index (κ3) is 4.38. The van der Waals surface area contributed by atoms with E-state index in [-0.39, 0.29) is 46.0 Å². The molecule has 10 heteroatoms. The van der Waals surface area contributed by atoms with Crippen LogP contribution in [0.25, 0.3) is 0 Å². The third-order valence-electron chi connectivity index (χ3n) is 3.59. The second kappa shape index (κ2) is 7.97. The van der Waals surface area contributed by atoms with Gasteiger partial charge in [0.15, 0.2) is 5.76 Å². The molecule has 3 aromatic rings. The van der Waals surface area contributed by atoms with Gasteiger partial charge in [0.1, 0.15) is 29.7 Å². The first-order chi connectivity index (χ1) is 13.3. The van der Waals surface area contributed by atoms with Crippen LogP contribution in [0.2, 0.25) is 5.02 Å². The van der Waals surface area contributed by atoms with Crippen LogP contribution in [0.1, 0.15) is 16.3 Å². The summed E-state index contributed by atoms with van der Waals surface area (Å²) >= 11 is 5.86. The lowest BCUT2D eigenvalue weighted by Gasteiger charge is -2.07. The summed E-state index contributed by atoms with van der Waals surface area (Å²) in [4.78, 5) is 22.4. The van der Waals surface area contributed by atoms with Crippen LogP contribution in [0.5, 0.6) is 11.5 Å². The fourth-order valence-corrected chi connectivity index (χ4v) is 2.46. The standard InChI is InChI=1S/C18H12ClFN2O6/c19-13-7-10(20)1-5-16(13)27-9-12-3-6-17(28-12)18(24)21-14-8-11(22(25)26)2-4-15(14)23/h1-8,23H,9H2,(H,21,24). The van der Waals surface area contributed by atoms with Crippen molar-refractivity contribution >= 4 is 28.9 Å². The number of benzene rings is 2. The zero-order chi connectivity index (χ0) is 20.3. The summed E-state index contributed by atoms with van der Waals surface area (Å²) in [6.45, 7) is -0.0688. The van der Waals surface area contributed by atoms with E-state index < -0.39 is 16.6 Å². The zero-order valence-electron chi connectivity index (χ0n) is 14.0. The van der Waals surface area contributed by atoms with E-state index in [0.29, 0.717) is 0 Å². The Kier molecular flexibility index (Phi) is 5.46. The Morgan fingerprint density at radius 3 is 2.75 bits per heavy atom. The predicted octanol–water partition coefficient (Wildman–Crippen LogP) is 4.52. The summed E-state index contributed by atoms with van der Waals surface area (Å²) in [5.41, 5.74) is -0.427. The number of non-ortho nitro benzene ring substituents is 1. The maximum atomic E-state index is 13.0. The van der Waals surface area contributed by atoms with Gasteiger partial charge in [0.2, 0.25) is 0 Å². The molecule has 8 nitrogen and oxygen atoms in total. The van der Waals surface area contributed by atoms with Gasteiger partial charge in [0, 0.05) is 12.1 Å². The molecule has 0 fully saturated rings. The number of carbonyl (C=O) groups is 1. The summed E-state index contributed by atoms with van der Waals surface area (Å²) in [6, 6.07) is 9.73. The lowest BCUT2D eigenvalue weighted by Crippen LogP contribution is -2.11. The van der Waals surface area contributed by atoms with Crippen LogP contribution in [0.15, 0.2) is 52.9 Å². The molecule has 2 N–H and O–H groups in total. The van der Waals surface area contributed by atoms with Gasteiger partial charge < -0.3 is 19.6 Å².